The molecule has 0 aliphatic rings. The van der Waals surface area contributed by atoms with Crippen molar-refractivity contribution in [1.29, 1.82) is 0 Å². The molecule has 22 heavy (non-hydrogen) atoms. The molecule has 124 valence electrons. The molecule has 2 atom stereocenters. The summed E-state index contributed by atoms with van der Waals surface area (Å²) in [6, 6.07) is 1.43. The van der Waals surface area contributed by atoms with E-state index < -0.39 is 23.9 Å². The molecule has 6 nitrogen and oxygen atoms in total. The third-order valence-corrected chi connectivity index (χ3v) is 3.10. The molecule has 0 saturated carbocycles. The smallest absolute Gasteiger partial charge is 0.407 e. The van der Waals surface area contributed by atoms with Crippen LogP contribution in [0.1, 0.15) is 39.0 Å². The van der Waals surface area contributed by atoms with Crippen molar-refractivity contribution in [2.45, 2.75) is 45.0 Å². The van der Waals surface area contributed by atoms with Crippen molar-refractivity contribution in [3.8, 4) is 0 Å². The highest BCUT2D eigenvalue weighted by atomic mass is 35.5. The number of amides is 1. The molecule has 1 rings (SSSR count). The Balaban J connectivity index is 2.48. The zero-order chi connectivity index (χ0) is 16.9. The van der Waals surface area contributed by atoms with Crippen LogP contribution in [-0.2, 0) is 4.74 Å². The number of nitrogens with zero attached hydrogens (tertiary/aromatic N) is 1. The van der Waals surface area contributed by atoms with Crippen molar-refractivity contribution in [2.24, 2.45) is 0 Å². The predicted octanol–water partition coefficient (Wildman–Crippen LogP) is 2.70. The molecule has 1 heterocycles. The zero-order valence-corrected chi connectivity index (χ0v) is 14.1. The number of nitrogens with one attached hydrogen (secondary N) is 1. The van der Waals surface area contributed by atoms with Crippen molar-refractivity contribution >= 4 is 29.3 Å². The van der Waals surface area contributed by atoms with Crippen LogP contribution in [-0.4, -0.2) is 39.5 Å². The molecule has 0 aliphatic heterocycles. The number of hydrogen-bond acceptors (Lipinski definition) is 5. The Bertz CT molecular complexity index is 520. The van der Waals surface area contributed by atoms with E-state index in [0.717, 1.165) is 0 Å². The largest absolute Gasteiger partial charge is 0.444 e. The monoisotopic (exact) mass is 350 g/mol. The van der Waals surface area contributed by atoms with Crippen LogP contribution >= 0.6 is 23.2 Å². The second-order valence-electron chi connectivity index (χ2n) is 5.75. The summed E-state index contributed by atoms with van der Waals surface area (Å²) < 4.78 is 5.05. The van der Waals surface area contributed by atoms with E-state index in [4.69, 9.17) is 27.9 Å². The number of carbonyl (C=O) groups is 1. The lowest BCUT2D eigenvalue weighted by molar-refractivity contribution is 0.00999. The second-order valence-corrected chi connectivity index (χ2v) is 6.59. The number of aromatic nitrogens is 1. The Hall–Kier alpha value is -1.08. The van der Waals surface area contributed by atoms with Crippen molar-refractivity contribution in [2.75, 3.05) is 6.54 Å². The molecule has 0 bridgehead atoms. The van der Waals surface area contributed by atoms with E-state index in [2.05, 4.69) is 10.3 Å². The number of halogens is 2. The first-order valence-corrected chi connectivity index (χ1v) is 7.49. The highest BCUT2D eigenvalue weighted by molar-refractivity contribution is 6.34. The number of ether oxygens (including phenoxy) is 1. The van der Waals surface area contributed by atoms with Crippen LogP contribution in [0.3, 0.4) is 0 Å². The van der Waals surface area contributed by atoms with Crippen LogP contribution < -0.4 is 5.32 Å². The normalized spacial score (nSPS) is 14.3. The second kappa shape index (κ2) is 7.97. The quantitative estimate of drug-likeness (QED) is 0.759. The maximum absolute atomic E-state index is 11.4. The van der Waals surface area contributed by atoms with Gasteiger partial charge in [-0.2, -0.15) is 0 Å². The minimum absolute atomic E-state index is 0.112. The van der Waals surface area contributed by atoms with Gasteiger partial charge in [0.2, 0.25) is 0 Å². The van der Waals surface area contributed by atoms with Gasteiger partial charge in [0.15, 0.2) is 0 Å². The molecule has 2 unspecified atom stereocenters. The van der Waals surface area contributed by atoms with Crippen LogP contribution in [0, 0.1) is 0 Å². The van der Waals surface area contributed by atoms with Crippen molar-refractivity contribution in [3.63, 3.8) is 0 Å². The number of aliphatic hydroxyl groups excluding tert-OH is 2. The summed E-state index contributed by atoms with van der Waals surface area (Å²) in [5.41, 5.74) is -0.459. The maximum Gasteiger partial charge on any atom is 0.407 e. The molecule has 0 fully saturated rings. The lowest BCUT2D eigenvalue weighted by Crippen LogP contribution is -2.34. The first-order chi connectivity index (χ1) is 10.1. The molecule has 1 aromatic heterocycles. The number of aliphatic hydroxyl groups is 2. The van der Waals surface area contributed by atoms with Gasteiger partial charge in [0.1, 0.15) is 11.7 Å². The zero-order valence-electron chi connectivity index (χ0n) is 12.6. The topological polar surface area (TPSA) is 91.7 Å². The maximum atomic E-state index is 11.4. The summed E-state index contributed by atoms with van der Waals surface area (Å²) in [6.07, 6.45) is -1.55. The number of pyridine rings is 1. The third kappa shape index (κ3) is 6.36. The number of alkyl carbamates (subject to hydrolysis) is 1. The minimum atomic E-state index is -1.27. The van der Waals surface area contributed by atoms with Gasteiger partial charge in [0.25, 0.3) is 0 Å². The SMILES string of the molecule is CC(C)(C)OC(=O)NCCC(O)C(O)c1ncc(Cl)cc1Cl. The summed E-state index contributed by atoms with van der Waals surface area (Å²) in [7, 11) is 0. The molecular formula is C14H20Cl2N2O4. The fourth-order valence-electron chi connectivity index (χ4n) is 1.62. The van der Waals surface area contributed by atoms with Crippen LogP contribution in [0.15, 0.2) is 12.3 Å². The van der Waals surface area contributed by atoms with Crippen molar-refractivity contribution in [1.82, 2.24) is 10.3 Å². The van der Waals surface area contributed by atoms with Gasteiger partial charge in [0, 0.05) is 12.7 Å². The van der Waals surface area contributed by atoms with Crippen molar-refractivity contribution in [3.05, 3.63) is 28.0 Å². The van der Waals surface area contributed by atoms with Crippen LogP contribution in [0.4, 0.5) is 4.79 Å². The van der Waals surface area contributed by atoms with E-state index >= 15 is 0 Å². The Morgan fingerprint density at radius 2 is 2.05 bits per heavy atom. The van der Waals surface area contributed by atoms with Gasteiger partial charge in [-0.25, -0.2) is 4.79 Å². The van der Waals surface area contributed by atoms with Gasteiger partial charge in [-0.1, -0.05) is 23.2 Å². The van der Waals surface area contributed by atoms with E-state index in [1.165, 1.54) is 12.3 Å². The highest BCUT2D eigenvalue weighted by Crippen LogP contribution is 2.26. The minimum Gasteiger partial charge on any atom is -0.444 e. The molecule has 8 heteroatoms. The molecule has 0 aromatic carbocycles. The number of carbonyl (C=O) groups excluding carboxylic acids is 1. The fourth-order valence-corrected chi connectivity index (χ4v) is 2.11. The van der Waals surface area contributed by atoms with Gasteiger partial charge >= 0.3 is 6.09 Å². The average molecular weight is 351 g/mol. The summed E-state index contributed by atoms with van der Waals surface area (Å²) in [6.45, 7) is 5.39. The molecule has 0 radical (unpaired) electrons. The molecular weight excluding hydrogens is 331 g/mol. The molecule has 1 amide bonds. The summed E-state index contributed by atoms with van der Waals surface area (Å²) in [5.74, 6) is 0. The number of rotatable bonds is 5. The van der Waals surface area contributed by atoms with Crippen molar-refractivity contribution < 1.29 is 19.7 Å². The van der Waals surface area contributed by atoms with Gasteiger partial charge in [-0.05, 0) is 33.3 Å². The molecule has 0 aliphatic carbocycles. The standard InChI is InChI=1S/C14H20Cl2N2O4/c1-14(2,3)22-13(21)17-5-4-10(19)12(20)11-9(16)6-8(15)7-18-11/h6-7,10,12,19-20H,4-5H2,1-3H3,(H,17,21). The predicted molar refractivity (Wildman–Crippen MR) is 84.1 cm³/mol. The molecule has 1 aromatic rings. The summed E-state index contributed by atoms with van der Waals surface area (Å²) >= 11 is 11.6. The first kappa shape index (κ1) is 19.0. The van der Waals surface area contributed by atoms with E-state index in [9.17, 15) is 15.0 Å². The Morgan fingerprint density at radius 3 is 2.59 bits per heavy atom. The Labute approximate surface area is 139 Å². The van der Waals surface area contributed by atoms with Crippen LogP contribution in [0.5, 0.6) is 0 Å². The lowest BCUT2D eigenvalue weighted by atomic mass is 10.1. The third-order valence-electron chi connectivity index (χ3n) is 2.59. The fraction of sp³-hybridized carbons (Fsp3) is 0.571. The molecule has 0 spiro atoms. The number of hydrogen-bond donors (Lipinski definition) is 3. The van der Waals surface area contributed by atoms with Crippen LogP contribution in [0.25, 0.3) is 0 Å². The molecule has 3 N–H and O–H groups in total. The van der Waals surface area contributed by atoms with Crippen LogP contribution in [0.2, 0.25) is 10.0 Å². The van der Waals surface area contributed by atoms with Gasteiger partial charge < -0.3 is 20.3 Å². The summed E-state index contributed by atoms with van der Waals surface area (Å²) in [5, 5.41) is 23.0. The Morgan fingerprint density at radius 1 is 1.41 bits per heavy atom. The first-order valence-electron chi connectivity index (χ1n) is 6.74. The van der Waals surface area contributed by atoms with E-state index in [-0.39, 0.29) is 23.7 Å². The van der Waals surface area contributed by atoms with Gasteiger partial charge in [-0.3, -0.25) is 4.98 Å². The molecule has 0 saturated heterocycles. The van der Waals surface area contributed by atoms with Gasteiger partial charge in [0.05, 0.1) is 21.8 Å². The average Bonchev–Trinajstić information content (AvgIpc) is 2.35. The Kier molecular flexibility index (Phi) is 6.87. The van der Waals surface area contributed by atoms with E-state index in [1.807, 2.05) is 0 Å². The van der Waals surface area contributed by atoms with E-state index in [1.54, 1.807) is 20.8 Å². The highest BCUT2D eigenvalue weighted by Gasteiger charge is 2.23. The van der Waals surface area contributed by atoms with E-state index in [0.29, 0.717) is 5.02 Å². The summed E-state index contributed by atoms with van der Waals surface area (Å²) in [4.78, 5) is 15.4. The lowest BCUT2D eigenvalue weighted by Gasteiger charge is -2.21. The van der Waals surface area contributed by atoms with Gasteiger partial charge in [-0.15, -0.1) is 0 Å².